The van der Waals surface area contributed by atoms with Crippen molar-refractivity contribution in [1.82, 2.24) is 50.3 Å². The molecule has 2 fully saturated rings. The fraction of sp³-hybridized carbons (Fsp3) is 0.375. The first-order valence-corrected chi connectivity index (χ1v) is 21.7. The minimum absolute atomic E-state index is 0.123. The van der Waals surface area contributed by atoms with Crippen molar-refractivity contribution in [2.24, 2.45) is 5.92 Å². The number of carbonyl (C=O) groups is 4. The van der Waals surface area contributed by atoms with Crippen LogP contribution in [0.25, 0.3) is 44.8 Å². The summed E-state index contributed by atoms with van der Waals surface area (Å²) in [5.74, 6) is 0.845. The van der Waals surface area contributed by atoms with Crippen LogP contribution in [0.15, 0.2) is 91.4 Å². The lowest BCUT2D eigenvalue weighted by Gasteiger charge is -2.30. The molecule has 4 atom stereocenters. The van der Waals surface area contributed by atoms with E-state index in [1.54, 1.807) is 49.2 Å². The van der Waals surface area contributed by atoms with Gasteiger partial charge in [-0.3, -0.25) is 14.6 Å². The molecular formula is C48H54N10O6. The fourth-order valence-corrected chi connectivity index (χ4v) is 8.48. The van der Waals surface area contributed by atoms with Gasteiger partial charge in [-0.25, -0.2) is 24.5 Å². The summed E-state index contributed by atoms with van der Waals surface area (Å²) in [6, 6.07) is 21.0. The summed E-state index contributed by atoms with van der Waals surface area (Å²) in [6.45, 7) is 10.2. The topological polar surface area (TPSA) is 200 Å². The van der Waals surface area contributed by atoms with Gasteiger partial charge in [0.05, 0.1) is 59.9 Å². The van der Waals surface area contributed by atoms with Gasteiger partial charge in [0, 0.05) is 35.8 Å². The van der Waals surface area contributed by atoms with Gasteiger partial charge >= 0.3 is 12.2 Å². The van der Waals surface area contributed by atoms with E-state index in [1.165, 1.54) is 7.11 Å². The molecule has 0 unspecified atom stereocenters. The number of likely N-dealkylation sites (tertiary alicyclic amines) is 2. The van der Waals surface area contributed by atoms with Crippen molar-refractivity contribution in [3.63, 3.8) is 0 Å². The van der Waals surface area contributed by atoms with E-state index in [-0.39, 0.29) is 29.8 Å². The molecule has 332 valence electrons. The normalized spacial score (nSPS) is 17.4. The van der Waals surface area contributed by atoms with E-state index >= 15 is 0 Å². The van der Waals surface area contributed by atoms with Crippen LogP contribution in [0.2, 0.25) is 0 Å². The number of aromatic nitrogens is 6. The van der Waals surface area contributed by atoms with Crippen molar-refractivity contribution in [3.8, 4) is 33.9 Å². The van der Waals surface area contributed by atoms with E-state index in [2.05, 4.69) is 31.7 Å². The first-order valence-electron chi connectivity index (χ1n) is 21.7. The SMILES string of the molecule is COC(=O)N[C@H](C(=O)N1CCC[C@H]1c1ncc(-c2ccc(-c3ccc4cc(-c5cnc([C@@H]6CCCN6C(=O)[C@H](NC(=O)OC(C)(C)C)c6ccccc6)[nH]5)ccc4n3)cn2)[nH]1)C(C)C. The summed E-state index contributed by atoms with van der Waals surface area (Å²) in [6.07, 6.45) is 7.12. The molecule has 2 saturated heterocycles. The number of amides is 4. The third-order valence-electron chi connectivity index (χ3n) is 11.7. The quantitative estimate of drug-likeness (QED) is 0.0988. The second kappa shape index (κ2) is 18.3. The molecule has 0 radical (unpaired) electrons. The molecule has 6 heterocycles. The maximum Gasteiger partial charge on any atom is 0.408 e. The number of imidazole rings is 2. The van der Waals surface area contributed by atoms with E-state index in [4.69, 9.17) is 24.4 Å². The van der Waals surface area contributed by atoms with E-state index < -0.39 is 29.9 Å². The molecule has 6 aromatic rings. The first-order chi connectivity index (χ1) is 30.8. The van der Waals surface area contributed by atoms with Crippen molar-refractivity contribution in [1.29, 1.82) is 0 Å². The lowest BCUT2D eigenvalue weighted by atomic mass is 10.0. The van der Waals surface area contributed by atoms with Crippen LogP contribution in [0.5, 0.6) is 0 Å². The number of alkyl carbamates (subject to hydrolysis) is 2. The van der Waals surface area contributed by atoms with Gasteiger partial charge in [0.25, 0.3) is 5.91 Å². The molecule has 2 aromatic carbocycles. The van der Waals surface area contributed by atoms with Crippen molar-refractivity contribution < 1.29 is 28.7 Å². The molecule has 0 saturated carbocycles. The number of nitrogens with one attached hydrogen (secondary N) is 4. The van der Waals surface area contributed by atoms with Crippen LogP contribution in [-0.2, 0) is 19.1 Å². The number of hydrogen-bond donors (Lipinski definition) is 4. The standard InChI is InChI=1S/C48H54N10O6/c1-28(2)40(55-46(61)63-6)44(59)57-22-10-15-39(57)43-51-27-37(54-43)35-21-18-32(25-49-35)34-20-16-30-24-31(17-19-33(30)52-34)36-26-50-42(53-36)38-14-11-23-58(38)45(60)41(29-12-8-7-9-13-29)56-47(62)64-48(3,4)5/h7-9,12-13,16-21,24-28,38-41H,10-11,14-15,22-23H2,1-6H3,(H,50,53)(H,51,54)(H,55,61)(H,56,62)/t38-,39-,40-,41+/m0/s1. The van der Waals surface area contributed by atoms with Crippen LogP contribution in [0.1, 0.15) is 95.6 Å². The van der Waals surface area contributed by atoms with Crippen LogP contribution in [0.4, 0.5) is 9.59 Å². The molecule has 4 N–H and O–H groups in total. The minimum Gasteiger partial charge on any atom is -0.453 e. The smallest absolute Gasteiger partial charge is 0.408 e. The summed E-state index contributed by atoms with van der Waals surface area (Å²) in [4.78, 5) is 82.1. The van der Waals surface area contributed by atoms with Gasteiger partial charge in [-0.1, -0.05) is 56.3 Å². The summed E-state index contributed by atoms with van der Waals surface area (Å²) in [5, 5.41) is 6.45. The number of carbonyl (C=O) groups excluding carboxylic acids is 4. The number of fused-ring (bicyclic) bond motifs is 1. The molecule has 8 rings (SSSR count). The third kappa shape index (κ3) is 9.45. The number of methoxy groups -OCH3 is 1. The lowest BCUT2D eigenvalue weighted by molar-refractivity contribution is -0.136. The maximum atomic E-state index is 14.2. The molecule has 0 aliphatic carbocycles. The Morgan fingerprint density at radius 3 is 2.00 bits per heavy atom. The predicted molar refractivity (Wildman–Crippen MR) is 240 cm³/mol. The Labute approximate surface area is 371 Å². The number of nitrogens with zero attached hydrogens (tertiary/aromatic N) is 6. The average Bonchev–Trinajstić information content (AvgIpc) is 4.13. The molecule has 4 amide bonds. The van der Waals surface area contributed by atoms with Gasteiger partial charge in [-0.2, -0.15) is 0 Å². The van der Waals surface area contributed by atoms with Crippen molar-refractivity contribution in [3.05, 3.63) is 109 Å². The summed E-state index contributed by atoms with van der Waals surface area (Å²) < 4.78 is 10.3. The fourth-order valence-electron chi connectivity index (χ4n) is 8.48. The Morgan fingerprint density at radius 1 is 0.719 bits per heavy atom. The molecular weight excluding hydrogens is 813 g/mol. The maximum absolute atomic E-state index is 14.2. The van der Waals surface area contributed by atoms with Gasteiger partial charge in [0.15, 0.2) is 0 Å². The van der Waals surface area contributed by atoms with Crippen molar-refractivity contribution >= 4 is 34.9 Å². The number of ether oxygens (including phenoxy) is 2. The van der Waals surface area contributed by atoms with Crippen molar-refractivity contribution in [2.75, 3.05) is 20.2 Å². The zero-order valence-electron chi connectivity index (χ0n) is 36.9. The lowest BCUT2D eigenvalue weighted by Crippen LogP contribution is -2.51. The molecule has 4 aromatic heterocycles. The van der Waals surface area contributed by atoms with Crippen LogP contribution < -0.4 is 10.6 Å². The zero-order chi connectivity index (χ0) is 45.1. The zero-order valence-corrected chi connectivity index (χ0v) is 36.9. The molecule has 2 aliphatic rings. The number of aromatic amines is 2. The second-order valence-electron chi connectivity index (χ2n) is 17.6. The summed E-state index contributed by atoms with van der Waals surface area (Å²) in [7, 11) is 1.28. The molecule has 16 heteroatoms. The van der Waals surface area contributed by atoms with Crippen LogP contribution in [-0.4, -0.2) is 95.5 Å². The highest BCUT2D eigenvalue weighted by Crippen LogP contribution is 2.36. The summed E-state index contributed by atoms with van der Waals surface area (Å²) >= 11 is 0. The van der Waals surface area contributed by atoms with Crippen LogP contribution in [0.3, 0.4) is 0 Å². The number of rotatable bonds is 11. The monoisotopic (exact) mass is 866 g/mol. The van der Waals surface area contributed by atoms with Gasteiger partial charge in [-0.15, -0.1) is 0 Å². The third-order valence-corrected chi connectivity index (χ3v) is 11.7. The van der Waals surface area contributed by atoms with Crippen LogP contribution >= 0.6 is 0 Å². The van der Waals surface area contributed by atoms with Crippen molar-refractivity contribution in [2.45, 2.75) is 90.1 Å². The molecule has 64 heavy (non-hydrogen) atoms. The largest absolute Gasteiger partial charge is 0.453 e. The first kappa shape index (κ1) is 43.5. The Hall–Kier alpha value is -7.10. The second-order valence-corrected chi connectivity index (χ2v) is 17.6. The summed E-state index contributed by atoms with van der Waals surface area (Å²) in [5.41, 5.74) is 5.58. The number of H-pyrrole nitrogens is 2. The van der Waals surface area contributed by atoms with Gasteiger partial charge in [-0.05, 0) is 88.3 Å². The average molecular weight is 867 g/mol. The molecule has 16 nitrogen and oxygen atoms in total. The number of benzene rings is 2. The van der Waals surface area contributed by atoms with E-state index in [0.717, 1.165) is 64.8 Å². The van der Waals surface area contributed by atoms with Gasteiger partial charge in [0.1, 0.15) is 29.3 Å². The Balaban J connectivity index is 0.941. The Bertz CT molecular complexity index is 2640. The molecule has 0 bridgehead atoms. The van der Waals surface area contributed by atoms with E-state index in [9.17, 15) is 19.2 Å². The van der Waals surface area contributed by atoms with E-state index in [0.29, 0.717) is 36.0 Å². The van der Waals surface area contributed by atoms with E-state index in [1.807, 2.05) is 80.6 Å². The highest BCUT2D eigenvalue weighted by atomic mass is 16.6. The van der Waals surface area contributed by atoms with Crippen LogP contribution in [0, 0.1) is 5.92 Å². The van der Waals surface area contributed by atoms with Gasteiger partial charge in [0.2, 0.25) is 5.91 Å². The van der Waals surface area contributed by atoms with Gasteiger partial charge < -0.3 is 39.9 Å². The minimum atomic E-state index is -0.918. The molecule has 2 aliphatic heterocycles. The number of hydrogen-bond acceptors (Lipinski definition) is 10. The highest BCUT2D eigenvalue weighted by molar-refractivity contribution is 5.89. The predicted octanol–water partition coefficient (Wildman–Crippen LogP) is 8.05. The highest BCUT2D eigenvalue weighted by Gasteiger charge is 2.39. The number of pyridine rings is 2. The Kier molecular flexibility index (Phi) is 12.5. The Morgan fingerprint density at radius 2 is 1.36 bits per heavy atom. The molecule has 0 spiro atoms.